The van der Waals surface area contributed by atoms with Gasteiger partial charge in [0.15, 0.2) is 0 Å². The molecular formula is C19H21NO2. The Kier molecular flexibility index (Phi) is 5.48. The molecule has 1 atom stereocenters. The van der Waals surface area contributed by atoms with E-state index in [0.29, 0.717) is 0 Å². The topological polar surface area (TPSA) is 43.1 Å². The quantitative estimate of drug-likeness (QED) is 0.396. The molecule has 2 aromatic rings. The molecule has 1 unspecified atom stereocenters. The summed E-state index contributed by atoms with van der Waals surface area (Å²) in [6.45, 7) is 5.96. The van der Waals surface area contributed by atoms with Crippen molar-refractivity contribution in [3.05, 3.63) is 88.0 Å². The minimum Gasteiger partial charge on any atom is -0.258 e. The van der Waals surface area contributed by atoms with Crippen LogP contribution in [0.4, 0.5) is 5.69 Å². The summed E-state index contributed by atoms with van der Waals surface area (Å²) in [5.74, 6) is 0.124. The lowest BCUT2D eigenvalue weighted by atomic mass is 9.86. The van der Waals surface area contributed by atoms with Gasteiger partial charge < -0.3 is 0 Å². The van der Waals surface area contributed by atoms with E-state index in [-0.39, 0.29) is 16.5 Å². The average Bonchev–Trinajstić information content (AvgIpc) is 2.52. The fraction of sp³-hybridized carbons (Fsp3) is 0.263. The fourth-order valence-corrected chi connectivity index (χ4v) is 2.77. The third-order valence-electron chi connectivity index (χ3n) is 3.79. The first-order valence-corrected chi connectivity index (χ1v) is 7.49. The van der Waals surface area contributed by atoms with E-state index >= 15 is 0 Å². The maximum Gasteiger partial charge on any atom is 0.272 e. The molecule has 0 fully saturated rings. The maximum atomic E-state index is 11.3. The second-order valence-electron chi connectivity index (χ2n) is 5.70. The van der Waals surface area contributed by atoms with Crippen LogP contribution in [-0.4, -0.2) is 4.92 Å². The van der Waals surface area contributed by atoms with E-state index in [1.54, 1.807) is 12.1 Å². The van der Waals surface area contributed by atoms with Crippen molar-refractivity contribution in [1.29, 1.82) is 0 Å². The van der Waals surface area contributed by atoms with Crippen LogP contribution < -0.4 is 0 Å². The van der Waals surface area contributed by atoms with Crippen LogP contribution in [0.25, 0.3) is 0 Å². The molecule has 0 aromatic heterocycles. The van der Waals surface area contributed by atoms with Gasteiger partial charge in [-0.05, 0) is 37.7 Å². The van der Waals surface area contributed by atoms with Crippen LogP contribution in [0, 0.1) is 10.1 Å². The van der Waals surface area contributed by atoms with Gasteiger partial charge in [-0.1, -0.05) is 54.1 Å². The molecule has 3 heteroatoms. The molecule has 0 saturated carbocycles. The second-order valence-corrected chi connectivity index (χ2v) is 5.70. The van der Waals surface area contributed by atoms with E-state index in [2.05, 4.69) is 18.7 Å². The molecule has 22 heavy (non-hydrogen) atoms. The van der Waals surface area contributed by atoms with Gasteiger partial charge >= 0.3 is 0 Å². The monoisotopic (exact) mass is 295 g/mol. The van der Waals surface area contributed by atoms with E-state index < -0.39 is 0 Å². The molecule has 0 spiro atoms. The van der Waals surface area contributed by atoms with Gasteiger partial charge in [-0.15, -0.1) is 6.58 Å². The van der Waals surface area contributed by atoms with Crippen LogP contribution in [0.15, 0.2) is 66.7 Å². The van der Waals surface area contributed by atoms with Gasteiger partial charge in [-0.3, -0.25) is 10.1 Å². The number of hydrogen-bond donors (Lipinski definition) is 0. The molecule has 2 aromatic carbocycles. The highest BCUT2D eigenvalue weighted by Crippen LogP contribution is 2.34. The fourth-order valence-electron chi connectivity index (χ4n) is 2.77. The lowest BCUT2D eigenvalue weighted by Gasteiger charge is -2.17. The van der Waals surface area contributed by atoms with E-state index in [0.717, 1.165) is 30.4 Å². The number of rotatable bonds is 7. The Bertz CT molecular complexity index is 649. The summed E-state index contributed by atoms with van der Waals surface area (Å²) in [6.07, 6.45) is 2.56. The summed E-state index contributed by atoms with van der Waals surface area (Å²) >= 11 is 0. The summed E-state index contributed by atoms with van der Waals surface area (Å²) in [5, 5.41) is 11.3. The summed E-state index contributed by atoms with van der Waals surface area (Å²) in [6, 6.07) is 17.3. The lowest BCUT2D eigenvalue weighted by Crippen LogP contribution is -2.05. The predicted molar refractivity (Wildman–Crippen MR) is 90.0 cm³/mol. The molecule has 0 bridgehead atoms. The first-order valence-electron chi connectivity index (χ1n) is 7.49. The Hall–Kier alpha value is -2.42. The van der Waals surface area contributed by atoms with Crippen molar-refractivity contribution >= 4 is 5.69 Å². The SMILES string of the molecule is C=C(C)CC(CCc1ccccc1)c1ccccc1[N+](=O)[O-]. The number of allylic oxidation sites excluding steroid dienone is 1. The zero-order valence-corrected chi connectivity index (χ0v) is 12.9. The van der Waals surface area contributed by atoms with Crippen molar-refractivity contribution < 1.29 is 4.92 Å². The Balaban J connectivity index is 2.23. The molecular weight excluding hydrogens is 274 g/mol. The number of hydrogen-bond acceptors (Lipinski definition) is 2. The molecule has 0 radical (unpaired) electrons. The van der Waals surface area contributed by atoms with Gasteiger partial charge in [-0.25, -0.2) is 0 Å². The van der Waals surface area contributed by atoms with Crippen LogP contribution in [0.2, 0.25) is 0 Å². The van der Waals surface area contributed by atoms with E-state index in [1.807, 2.05) is 37.3 Å². The Labute approximate surface area is 131 Å². The van der Waals surface area contributed by atoms with Crippen LogP contribution in [0.5, 0.6) is 0 Å². The molecule has 114 valence electrons. The Morgan fingerprint density at radius 2 is 1.77 bits per heavy atom. The van der Waals surface area contributed by atoms with Gasteiger partial charge in [0.1, 0.15) is 0 Å². The highest BCUT2D eigenvalue weighted by molar-refractivity contribution is 5.43. The third-order valence-corrected chi connectivity index (χ3v) is 3.79. The predicted octanol–water partition coefficient (Wildman–Crippen LogP) is 5.28. The number of nitrogens with zero attached hydrogens (tertiary/aromatic N) is 1. The number of benzene rings is 2. The summed E-state index contributed by atoms with van der Waals surface area (Å²) in [5.41, 5.74) is 3.33. The molecule has 0 amide bonds. The largest absolute Gasteiger partial charge is 0.272 e. The van der Waals surface area contributed by atoms with Crippen molar-refractivity contribution in [2.45, 2.75) is 32.1 Å². The van der Waals surface area contributed by atoms with Gasteiger partial charge in [0, 0.05) is 11.6 Å². The van der Waals surface area contributed by atoms with Crippen LogP contribution >= 0.6 is 0 Å². The van der Waals surface area contributed by atoms with Gasteiger partial charge in [0.25, 0.3) is 5.69 Å². The lowest BCUT2D eigenvalue weighted by molar-refractivity contribution is -0.385. The van der Waals surface area contributed by atoms with Gasteiger partial charge in [0.2, 0.25) is 0 Å². The molecule has 0 aliphatic rings. The molecule has 2 rings (SSSR count). The Morgan fingerprint density at radius 1 is 1.14 bits per heavy atom. The average molecular weight is 295 g/mol. The molecule has 3 nitrogen and oxygen atoms in total. The van der Waals surface area contributed by atoms with Crippen molar-refractivity contribution in [3.63, 3.8) is 0 Å². The van der Waals surface area contributed by atoms with Crippen LogP contribution in [-0.2, 0) is 6.42 Å². The normalized spacial score (nSPS) is 11.9. The van der Waals surface area contributed by atoms with Crippen LogP contribution in [0.3, 0.4) is 0 Å². The van der Waals surface area contributed by atoms with Gasteiger partial charge in [-0.2, -0.15) is 0 Å². The maximum absolute atomic E-state index is 11.3. The van der Waals surface area contributed by atoms with E-state index in [1.165, 1.54) is 5.56 Å². The smallest absolute Gasteiger partial charge is 0.258 e. The number of para-hydroxylation sites is 1. The van der Waals surface area contributed by atoms with Gasteiger partial charge in [0.05, 0.1) is 4.92 Å². The molecule has 0 N–H and O–H groups in total. The zero-order chi connectivity index (χ0) is 15.9. The molecule has 0 aliphatic carbocycles. The second kappa shape index (κ2) is 7.55. The highest BCUT2D eigenvalue weighted by atomic mass is 16.6. The first-order chi connectivity index (χ1) is 10.6. The number of nitro benzene ring substituents is 1. The Morgan fingerprint density at radius 3 is 2.41 bits per heavy atom. The van der Waals surface area contributed by atoms with E-state index in [4.69, 9.17) is 0 Å². The van der Waals surface area contributed by atoms with Crippen molar-refractivity contribution in [2.24, 2.45) is 0 Å². The minimum absolute atomic E-state index is 0.124. The number of aryl methyl sites for hydroxylation is 1. The summed E-state index contributed by atoms with van der Waals surface area (Å²) < 4.78 is 0. The molecule has 0 heterocycles. The van der Waals surface area contributed by atoms with Crippen molar-refractivity contribution in [3.8, 4) is 0 Å². The van der Waals surface area contributed by atoms with Crippen LogP contribution in [0.1, 0.15) is 36.8 Å². The summed E-state index contributed by atoms with van der Waals surface area (Å²) in [7, 11) is 0. The van der Waals surface area contributed by atoms with Crippen molar-refractivity contribution in [1.82, 2.24) is 0 Å². The zero-order valence-electron chi connectivity index (χ0n) is 12.9. The molecule has 0 saturated heterocycles. The highest BCUT2D eigenvalue weighted by Gasteiger charge is 2.21. The van der Waals surface area contributed by atoms with Crippen molar-refractivity contribution in [2.75, 3.05) is 0 Å². The summed E-state index contributed by atoms with van der Waals surface area (Å²) in [4.78, 5) is 11.0. The third kappa shape index (κ3) is 4.29. The minimum atomic E-state index is -0.288. The first kappa shape index (κ1) is 16.0. The molecule has 0 aliphatic heterocycles. The standard InChI is InChI=1S/C19H21NO2/c1-15(2)14-17(13-12-16-8-4-3-5-9-16)18-10-6-7-11-19(18)20(21)22/h3-11,17H,1,12-14H2,2H3. The van der Waals surface area contributed by atoms with E-state index in [9.17, 15) is 10.1 Å². The number of nitro groups is 1.